The lowest BCUT2D eigenvalue weighted by Crippen LogP contribution is -2.11. The van der Waals surface area contributed by atoms with Gasteiger partial charge in [0.15, 0.2) is 28.8 Å². The number of nitrogens with one attached hydrogen (secondary N) is 1. The average molecular weight is 900 g/mol. The van der Waals surface area contributed by atoms with Crippen molar-refractivity contribution in [2.45, 2.75) is 52.4 Å². The van der Waals surface area contributed by atoms with Crippen LogP contribution in [0.3, 0.4) is 0 Å². The van der Waals surface area contributed by atoms with Gasteiger partial charge in [-0.25, -0.2) is 9.98 Å². The molecular formula is C46H49Br2N3O6. The molecule has 0 atom stereocenters. The summed E-state index contributed by atoms with van der Waals surface area (Å²) in [7, 11) is 9.58. The van der Waals surface area contributed by atoms with Crippen LogP contribution >= 0.6 is 31.9 Å². The Hall–Kier alpha value is -5.00. The van der Waals surface area contributed by atoms with E-state index in [1.54, 1.807) is 42.7 Å². The van der Waals surface area contributed by atoms with Gasteiger partial charge < -0.3 is 33.4 Å². The summed E-state index contributed by atoms with van der Waals surface area (Å²) in [6.07, 6.45) is 0. The van der Waals surface area contributed by atoms with Crippen LogP contribution in [0.25, 0.3) is 28.0 Å². The number of ether oxygens (including phenoxy) is 6. The average Bonchev–Trinajstić information content (AvgIpc) is 3.70. The molecule has 1 N–H and O–H groups in total. The first kappa shape index (κ1) is 41.6. The molecule has 0 saturated heterocycles. The van der Waals surface area contributed by atoms with Gasteiger partial charge in [0, 0.05) is 16.7 Å². The van der Waals surface area contributed by atoms with Gasteiger partial charge in [-0.3, -0.25) is 0 Å². The Kier molecular flexibility index (Phi) is 12.0. The van der Waals surface area contributed by atoms with Crippen molar-refractivity contribution >= 4 is 54.8 Å². The fraction of sp³-hybridized carbons (Fsp3) is 0.304. The van der Waals surface area contributed by atoms with Crippen LogP contribution in [-0.2, 0) is 10.8 Å². The highest BCUT2D eigenvalue weighted by Crippen LogP contribution is 2.50. The molecule has 0 spiro atoms. The topological polar surface area (TPSA) is 95.9 Å². The lowest BCUT2D eigenvalue weighted by molar-refractivity contribution is 0.324. The van der Waals surface area contributed by atoms with Gasteiger partial charge in [-0.1, -0.05) is 90.1 Å². The van der Waals surface area contributed by atoms with Crippen molar-refractivity contribution in [1.82, 2.24) is 4.98 Å². The molecule has 1 aromatic heterocycles. The van der Waals surface area contributed by atoms with Gasteiger partial charge in [0.05, 0.1) is 63.0 Å². The van der Waals surface area contributed by atoms with E-state index in [0.29, 0.717) is 46.2 Å². The van der Waals surface area contributed by atoms with E-state index in [2.05, 4.69) is 127 Å². The fourth-order valence-electron chi connectivity index (χ4n) is 6.79. The Morgan fingerprint density at radius 1 is 0.544 bits per heavy atom. The van der Waals surface area contributed by atoms with Crippen molar-refractivity contribution in [1.29, 1.82) is 0 Å². The highest BCUT2D eigenvalue weighted by Gasteiger charge is 2.30. The number of amidine groups is 1. The lowest BCUT2D eigenvalue weighted by Gasteiger charge is -2.19. The van der Waals surface area contributed by atoms with E-state index in [0.717, 1.165) is 53.8 Å². The highest BCUT2D eigenvalue weighted by molar-refractivity contribution is 9.12. The first-order chi connectivity index (χ1) is 27.1. The molecule has 11 heteroatoms. The maximum absolute atomic E-state index is 5.80. The molecule has 1 aliphatic heterocycles. The Labute approximate surface area is 352 Å². The normalized spacial score (nSPS) is 13.9. The summed E-state index contributed by atoms with van der Waals surface area (Å²) in [6.45, 7) is 13.2. The van der Waals surface area contributed by atoms with Gasteiger partial charge >= 0.3 is 0 Å². The smallest absolute Gasteiger partial charge is 0.203 e. The van der Waals surface area contributed by atoms with E-state index >= 15 is 0 Å². The maximum Gasteiger partial charge on any atom is 0.203 e. The van der Waals surface area contributed by atoms with Crippen LogP contribution < -0.4 is 28.4 Å². The molecule has 0 saturated carbocycles. The van der Waals surface area contributed by atoms with Gasteiger partial charge in [0.1, 0.15) is 5.82 Å². The summed E-state index contributed by atoms with van der Waals surface area (Å²) >= 11 is 7.96. The minimum Gasteiger partial charge on any atom is -0.493 e. The third-order valence-corrected chi connectivity index (χ3v) is 11.5. The van der Waals surface area contributed by atoms with E-state index in [1.807, 2.05) is 24.3 Å². The standard InChI is InChI=1S/C46H49Br2N3O6/c1-45(2,3)29-17-13-25(14-18-29)39-37(47)35(27-21-31(52-7)41(56-11)32(22-27)53-8)43(49-39)51-44-36(28-23-33(54-9)42(57-12)34(24-28)55-10)38(48)40(50-44)26-15-19-30(20-16-26)46(4,5)6/h13-24,49H,1-12H3. The van der Waals surface area contributed by atoms with Crippen molar-refractivity contribution in [2.24, 2.45) is 9.98 Å². The van der Waals surface area contributed by atoms with E-state index < -0.39 is 0 Å². The Balaban J connectivity index is 1.65. The number of aromatic amines is 1. The summed E-state index contributed by atoms with van der Waals surface area (Å²) in [4.78, 5) is 14.3. The SMILES string of the molecule is COc1cc(C2=C(Br)C(c3ccc(C(C)(C)C)cc3)=NC2=Nc2[nH]c(-c3ccc(C(C)(C)C)cc3)c(Br)c2-c2cc(OC)c(OC)c(OC)c2)cc(OC)c1OC. The second-order valence-electron chi connectivity index (χ2n) is 15.6. The molecular weight excluding hydrogens is 850 g/mol. The predicted octanol–water partition coefficient (Wildman–Crippen LogP) is 12.1. The number of rotatable bonds is 11. The molecule has 0 amide bonds. The summed E-state index contributed by atoms with van der Waals surface area (Å²) in [5.41, 5.74) is 8.98. The van der Waals surface area contributed by atoms with E-state index in [9.17, 15) is 0 Å². The number of nitrogens with zero attached hydrogens (tertiary/aromatic N) is 2. The Morgan fingerprint density at radius 2 is 0.965 bits per heavy atom. The highest BCUT2D eigenvalue weighted by atomic mass is 79.9. The van der Waals surface area contributed by atoms with Gasteiger partial charge in [-0.15, -0.1) is 0 Å². The molecule has 9 nitrogen and oxygen atoms in total. The molecule has 2 heterocycles. The molecule has 0 aliphatic carbocycles. The summed E-state index contributed by atoms with van der Waals surface area (Å²) in [5.74, 6) is 4.01. The third kappa shape index (κ3) is 8.09. The van der Waals surface area contributed by atoms with Crippen LogP contribution in [-0.4, -0.2) is 59.2 Å². The molecule has 298 valence electrons. The summed E-state index contributed by atoms with van der Waals surface area (Å²) in [5, 5.41) is 0. The zero-order chi connectivity index (χ0) is 41.4. The molecule has 5 aromatic rings. The van der Waals surface area contributed by atoms with Crippen LogP contribution in [0.4, 0.5) is 5.82 Å². The van der Waals surface area contributed by atoms with Crippen molar-refractivity contribution in [3.63, 3.8) is 0 Å². The second kappa shape index (κ2) is 16.5. The number of methoxy groups -OCH3 is 6. The lowest BCUT2D eigenvalue weighted by atomic mass is 9.86. The van der Waals surface area contributed by atoms with Crippen LogP contribution in [0.15, 0.2) is 91.7 Å². The van der Waals surface area contributed by atoms with Crippen molar-refractivity contribution in [3.05, 3.63) is 104 Å². The van der Waals surface area contributed by atoms with E-state index in [-0.39, 0.29) is 10.8 Å². The first-order valence-corrected chi connectivity index (χ1v) is 20.0. The second-order valence-corrected chi connectivity index (χ2v) is 17.2. The van der Waals surface area contributed by atoms with Gasteiger partial charge in [0.25, 0.3) is 0 Å². The van der Waals surface area contributed by atoms with Crippen molar-refractivity contribution in [2.75, 3.05) is 42.7 Å². The molecule has 0 bridgehead atoms. The number of hydrogen-bond acceptors (Lipinski definition) is 7. The monoisotopic (exact) mass is 897 g/mol. The Bertz CT molecular complexity index is 2350. The number of hydrogen-bond donors (Lipinski definition) is 1. The number of H-pyrrole nitrogens is 1. The number of aromatic nitrogens is 1. The zero-order valence-corrected chi connectivity index (χ0v) is 37.7. The quantitative estimate of drug-likeness (QED) is 0.142. The van der Waals surface area contributed by atoms with Crippen molar-refractivity contribution < 1.29 is 28.4 Å². The maximum atomic E-state index is 5.80. The molecule has 4 aromatic carbocycles. The first-order valence-electron chi connectivity index (χ1n) is 18.4. The summed E-state index contributed by atoms with van der Waals surface area (Å²) in [6, 6.07) is 24.7. The van der Waals surface area contributed by atoms with Gasteiger partial charge in [0.2, 0.25) is 11.5 Å². The van der Waals surface area contributed by atoms with Crippen LogP contribution in [0, 0.1) is 0 Å². The van der Waals surface area contributed by atoms with Crippen molar-refractivity contribution in [3.8, 4) is 56.9 Å². The predicted molar refractivity (Wildman–Crippen MR) is 238 cm³/mol. The van der Waals surface area contributed by atoms with Crippen LogP contribution in [0.5, 0.6) is 34.5 Å². The van der Waals surface area contributed by atoms with E-state index in [1.165, 1.54) is 11.1 Å². The molecule has 6 rings (SSSR count). The van der Waals surface area contributed by atoms with Crippen LogP contribution in [0.2, 0.25) is 0 Å². The minimum atomic E-state index is -0.00787. The number of allylic oxidation sites excluding steroid dienone is 1. The fourth-order valence-corrected chi connectivity index (χ4v) is 8.26. The molecule has 1 aliphatic rings. The summed E-state index contributed by atoms with van der Waals surface area (Å²) < 4.78 is 36.1. The van der Waals surface area contributed by atoms with Crippen LogP contribution in [0.1, 0.15) is 63.8 Å². The number of halogens is 2. The zero-order valence-electron chi connectivity index (χ0n) is 34.5. The Morgan fingerprint density at radius 3 is 1.37 bits per heavy atom. The third-order valence-electron chi connectivity index (χ3n) is 9.98. The van der Waals surface area contributed by atoms with E-state index in [4.69, 9.17) is 38.4 Å². The largest absolute Gasteiger partial charge is 0.493 e. The molecule has 0 fully saturated rings. The van der Waals surface area contributed by atoms with Gasteiger partial charge in [-0.05, 0) is 94.8 Å². The number of benzene rings is 4. The minimum absolute atomic E-state index is 0.00180. The number of aliphatic imine (C=N–C) groups is 2. The van der Waals surface area contributed by atoms with Gasteiger partial charge in [-0.2, -0.15) is 0 Å². The molecule has 57 heavy (non-hydrogen) atoms. The molecule has 0 unspecified atom stereocenters. The molecule has 0 radical (unpaired) electrons.